The van der Waals surface area contributed by atoms with Gasteiger partial charge in [0.2, 0.25) is 0 Å². The zero-order valence-corrected chi connectivity index (χ0v) is 14.0. The lowest BCUT2D eigenvalue weighted by molar-refractivity contribution is -0.137. The molecule has 0 bridgehead atoms. The van der Waals surface area contributed by atoms with Crippen LogP contribution in [-0.4, -0.2) is 16.5 Å². The Balaban J connectivity index is 2.45. The molecule has 0 aromatic heterocycles. The van der Waals surface area contributed by atoms with Crippen LogP contribution in [-0.2, 0) is 16.8 Å². The number of ether oxygens (including phenoxy) is 1. The molecule has 0 amide bonds. The second kappa shape index (κ2) is 7.36. The van der Waals surface area contributed by atoms with Crippen LogP contribution < -0.4 is 4.89 Å². The van der Waals surface area contributed by atoms with Gasteiger partial charge in [-0.3, -0.25) is 0 Å². The third-order valence-electron chi connectivity index (χ3n) is 4.07. The van der Waals surface area contributed by atoms with E-state index in [0.717, 1.165) is 16.7 Å². The highest BCUT2D eigenvalue weighted by Crippen LogP contribution is 2.34. The quantitative estimate of drug-likeness (QED) is 0.451. The number of carbonyl (C=O) groups is 1. The Morgan fingerprint density at radius 2 is 1.83 bits per heavy atom. The highest BCUT2D eigenvalue weighted by atomic mass is 17.1. The molecule has 0 heterocycles. The van der Waals surface area contributed by atoms with Crippen LogP contribution >= 0.6 is 0 Å². The summed E-state index contributed by atoms with van der Waals surface area (Å²) in [6, 6.07) is 14.5. The standard InChI is InChI=1S/C19H22O5/c1-13(2)17-11-16(24-22)10-9-14(17)12-19(3,23-18(20)21)15-7-5-4-6-8-15/h4-11,13,22H,12H2,1-3H3,(H,20,21). The molecule has 2 aromatic carbocycles. The van der Waals surface area contributed by atoms with Crippen molar-refractivity contribution in [2.75, 3.05) is 0 Å². The van der Waals surface area contributed by atoms with Crippen molar-refractivity contribution >= 4 is 6.16 Å². The van der Waals surface area contributed by atoms with Crippen molar-refractivity contribution in [2.24, 2.45) is 0 Å². The van der Waals surface area contributed by atoms with Gasteiger partial charge in [0.15, 0.2) is 5.75 Å². The summed E-state index contributed by atoms with van der Waals surface area (Å²) in [6.45, 7) is 5.81. The van der Waals surface area contributed by atoms with E-state index in [1.165, 1.54) is 0 Å². The summed E-state index contributed by atoms with van der Waals surface area (Å²) in [7, 11) is 0. The Labute approximate surface area is 141 Å². The fraction of sp³-hybridized carbons (Fsp3) is 0.316. The third-order valence-corrected chi connectivity index (χ3v) is 4.07. The molecule has 1 unspecified atom stereocenters. The molecule has 0 aliphatic rings. The molecule has 128 valence electrons. The summed E-state index contributed by atoms with van der Waals surface area (Å²) in [6.07, 6.45) is -0.939. The van der Waals surface area contributed by atoms with E-state index in [1.54, 1.807) is 19.1 Å². The van der Waals surface area contributed by atoms with Crippen LogP contribution in [0.2, 0.25) is 0 Å². The Kier molecular flexibility index (Phi) is 5.46. The molecular weight excluding hydrogens is 308 g/mol. The summed E-state index contributed by atoms with van der Waals surface area (Å²) < 4.78 is 5.26. The monoisotopic (exact) mass is 330 g/mol. The lowest BCUT2D eigenvalue weighted by atomic mass is 9.85. The first-order chi connectivity index (χ1) is 11.4. The molecule has 2 aromatic rings. The Hall–Kier alpha value is -2.53. The second-order valence-corrected chi connectivity index (χ2v) is 6.25. The van der Waals surface area contributed by atoms with Gasteiger partial charge in [-0.15, -0.1) is 0 Å². The normalized spacial score (nSPS) is 13.4. The van der Waals surface area contributed by atoms with Gasteiger partial charge in [0.05, 0.1) is 0 Å². The van der Waals surface area contributed by atoms with Gasteiger partial charge in [-0.1, -0.05) is 50.2 Å². The van der Waals surface area contributed by atoms with Gasteiger partial charge >= 0.3 is 6.16 Å². The van der Waals surface area contributed by atoms with Gasteiger partial charge in [0, 0.05) is 6.42 Å². The van der Waals surface area contributed by atoms with E-state index in [0.29, 0.717) is 12.2 Å². The fourth-order valence-electron chi connectivity index (χ4n) is 2.87. The SMILES string of the molecule is CC(C)c1cc(OO)ccc1CC(C)(OC(=O)O)c1ccccc1. The first-order valence-corrected chi connectivity index (χ1v) is 7.77. The molecule has 5 heteroatoms. The maximum atomic E-state index is 11.2. The van der Waals surface area contributed by atoms with E-state index in [2.05, 4.69) is 4.89 Å². The minimum atomic E-state index is -1.32. The van der Waals surface area contributed by atoms with Crippen molar-refractivity contribution in [3.8, 4) is 5.75 Å². The number of carboxylic acid groups (broad SMARTS) is 1. The van der Waals surface area contributed by atoms with Gasteiger partial charge in [-0.25, -0.2) is 10.1 Å². The van der Waals surface area contributed by atoms with Crippen LogP contribution in [0.5, 0.6) is 5.75 Å². The molecule has 2 rings (SSSR count). The van der Waals surface area contributed by atoms with Crippen molar-refractivity contribution < 1.29 is 24.8 Å². The smallest absolute Gasteiger partial charge is 0.450 e. The number of hydrogen-bond acceptors (Lipinski definition) is 4. The minimum Gasteiger partial charge on any atom is -0.450 e. The number of benzene rings is 2. The molecule has 5 nitrogen and oxygen atoms in total. The molecule has 0 fully saturated rings. The molecule has 24 heavy (non-hydrogen) atoms. The van der Waals surface area contributed by atoms with Gasteiger partial charge in [-0.2, -0.15) is 0 Å². The third kappa shape index (κ3) is 4.06. The zero-order chi connectivity index (χ0) is 17.7. The van der Waals surface area contributed by atoms with E-state index in [4.69, 9.17) is 9.99 Å². The summed E-state index contributed by atoms with van der Waals surface area (Å²) in [5, 5.41) is 18.0. The molecule has 0 saturated heterocycles. The van der Waals surface area contributed by atoms with Gasteiger partial charge < -0.3 is 14.7 Å². The first kappa shape index (κ1) is 17.8. The Morgan fingerprint density at radius 3 is 2.38 bits per heavy atom. The molecule has 0 radical (unpaired) electrons. The molecule has 0 aliphatic carbocycles. The van der Waals surface area contributed by atoms with Gasteiger partial charge in [0.25, 0.3) is 0 Å². The van der Waals surface area contributed by atoms with E-state index < -0.39 is 11.8 Å². The number of rotatable bonds is 6. The largest absolute Gasteiger partial charge is 0.506 e. The maximum Gasteiger partial charge on any atom is 0.506 e. The van der Waals surface area contributed by atoms with Crippen LogP contribution in [0.3, 0.4) is 0 Å². The predicted molar refractivity (Wildman–Crippen MR) is 90.4 cm³/mol. The summed E-state index contributed by atoms with van der Waals surface area (Å²) in [5.74, 6) is 0.531. The molecule has 1 atom stereocenters. The highest BCUT2D eigenvalue weighted by Gasteiger charge is 2.32. The van der Waals surface area contributed by atoms with Crippen LogP contribution in [0.1, 0.15) is 43.4 Å². The van der Waals surface area contributed by atoms with Crippen LogP contribution in [0.25, 0.3) is 0 Å². The van der Waals surface area contributed by atoms with E-state index in [-0.39, 0.29) is 5.92 Å². The zero-order valence-electron chi connectivity index (χ0n) is 14.0. The topological polar surface area (TPSA) is 76.0 Å². The van der Waals surface area contributed by atoms with Crippen molar-refractivity contribution in [1.82, 2.24) is 0 Å². The summed E-state index contributed by atoms with van der Waals surface area (Å²) in [5.41, 5.74) is 1.68. The van der Waals surface area contributed by atoms with Crippen molar-refractivity contribution in [1.29, 1.82) is 0 Å². The summed E-state index contributed by atoms with van der Waals surface area (Å²) in [4.78, 5) is 15.5. The first-order valence-electron chi connectivity index (χ1n) is 7.77. The Morgan fingerprint density at radius 1 is 1.17 bits per heavy atom. The molecule has 0 aliphatic heterocycles. The average molecular weight is 330 g/mol. The van der Waals surface area contributed by atoms with Crippen molar-refractivity contribution in [3.05, 3.63) is 65.2 Å². The molecular formula is C19H22O5. The van der Waals surface area contributed by atoms with Crippen LogP contribution in [0.15, 0.2) is 48.5 Å². The molecule has 0 saturated carbocycles. The molecule has 2 N–H and O–H groups in total. The second-order valence-electron chi connectivity index (χ2n) is 6.25. The van der Waals surface area contributed by atoms with Crippen molar-refractivity contribution in [3.63, 3.8) is 0 Å². The molecule has 0 spiro atoms. The lowest BCUT2D eigenvalue weighted by Crippen LogP contribution is -2.31. The van der Waals surface area contributed by atoms with Crippen LogP contribution in [0, 0.1) is 0 Å². The van der Waals surface area contributed by atoms with Crippen LogP contribution in [0.4, 0.5) is 4.79 Å². The number of hydrogen-bond donors (Lipinski definition) is 2. The lowest BCUT2D eigenvalue weighted by Gasteiger charge is -2.30. The Bertz CT molecular complexity index is 696. The fourth-order valence-corrected chi connectivity index (χ4v) is 2.87. The maximum absolute atomic E-state index is 11.2. The predicted octanol–water partition coefficient (Wildman–Crippen LogP) is 4.81. The average Bonchev–Trinajstić information content (AvgIpc) is 2.55. The van der Waals surface area contributed by atoms with Gasteiger partial charge in [0.1, 0.15) is 5.60 Å². The minimum absolute atomic E-state index is 0.181. The van der Waals surface area contributed by atoms with E-state index in [1.807, 2.05) is 50.2 Å². The highest BCUT2D eigenvalue weighted by molar-refractivity contribution is 5.58. The van der Waals surface area contributed by atoms with Gasteiger partial charge in [-0.05, 0) is 41.7 Å². The van der Waals surface area contributed by atoms with E-state index in [9.17, 15) is 9.90 Å². The van der Waals surface area contributed by atoms with Crippen molar-refractivity contribution in [2.45, 2.75) is 38.7 Å². The van der Waals surface area contributed by atoms with E-state index >= 15 is 0 Å². The summed E-state index contributed by atoms with van der Waals surface area (Å²) >= 11 is 0.